The lowest BCUT2D eigenvalue weighted by atomic mass is 10.1. The zero-order valence-electron chi connectivity index (χ0n) is 12.9. The van der Waals surface area contributed by atoms with Crippen molar-refractivity contribution in [1.82, 2.24) is 14.3 Å². The van der Waals surface area contributed by atoms with Crippen LogP contribution in [0.15, 0.2) is 60.9 Å². The zero-order valence-corrected chi connectivity index (χ0v) is 13.7. The summed E-state index contributed by atoms with van der Waals surface area (Å²) in [4.78, 5) is 4.28. The van der Waals surface area contributed by atoms with E-state index >= 15 is 0 Å². The quantitative estimate of drug-likeness (QED) is 0.756. The Hall–Kier alpha value is -2.18. The van der Waals surface area contributed by atoms with Crippen molar-refractivity contribution in [2.45, 2.75) is 19.5 Å². The molecule has 5 nitrogen and oxygen atoms in total. The zero-order chi connectivity index (χ0) is 16.3. The van der Waals surface area contributed by atoms with E-state index in [1.54, 1.807) is 6.33 Å². The van der Waals surface area contributed by atoms with Crippen LogP contribution in [0.25, 0.3) is 11.0 Å². The van der Waals surface area contributed by atoms with E-state index < -0.39 is 10.0 Å². The van der Waals surface area contributed by atoms with Crippen molar-refractivity contribution in [3.63, 3.8) is 0 Å². The fourth-order valence-electron chi connectivity index (χ4n) is 2.55. The van der Waals surface area contributed by atoms with Gasteiger partial charge >= 0.3 is 0 Å². The van der Waals surface area contributed by atoms with Gasteiger partial charge in [0.05, 0.1) is 23.1 Å². The number of benzene rings is 2. The van der Waals surface area contributed by atoms with Gasteiger partial charge in [-0.2, -0.15) is 0 Å². The van der Waals surface area contributed by atoms with Gasteiger partial charge in [0.15, 0.2) is 0 Å². The van der Waals surface area contributed by atoms with E-state index in [1.807, 2.05) is 66.1 Å². The Morgan fingerprint density at radius 3 is 2.57 bits per heavy atom. The second kappa shape index (κ2) is 6.52. The van der Waals surface area contributed by atoms with Gasteiger partial charge in [0.25, 0.3) is 0 Å². The molecule has 0 aliphatic rings. The number of imidazole rings is 1. The first-order valence-electron chi connectivity index (χ1n) is 7.50. The Morgan fingerprint density at radius 1 is 1.09 bits per heavy atom. The minimum absolute atomic E-state index is 0.0184. The van der Waals surface area contributed by atoms with Crippen LogP contribution in [0.5, 0.6) is 0 Å². The number of aromatic nitrogens is 2. The highest BCUT2D eigenvalue weighted by Crippen LogP contribution is 2.14. The fraction of sp³-hybridized carbons (Fsp3) is 0.235. The normalized spacial score (nSPS) is 13.3. The van der Waals surface area contributed by atoms with Crippen LogP contribution >= 0.6 is 0 Å². The van der Waals surface area contributed by atoms with Crippen molar-refractivity contribution < 1.29 is 8.42 Å². The first-order chi connectivity index (χ1) is 11.1. The summed E-state index contributed by atoms with van der Waals surface area (Å²) in [5, 5.41) is 0. The standard InChI is InChI=1S/C17H19N3O2S/c1-14(15-7-3-2-4-8-15)19-23(21,22)12-11-20-13-18-16-9-5-6-10-17(16)20/h2-10,13-14,19H,11-12H2,1H3/t14-/m0/s1. The number of aryl methyl sites for hydroxylation is 1. The van der Waals surface area contributed by atoms with Gasteiger partial charge in [-0.15, -0.1) is 0 Å². The van der Waals surface area contributed by atoms with Crippen molar-refractivity contribution >= 4 is 21.1 Å². The highest BCUT2D eigenvalue weighted by Gasteiger charge is 2.16. The molecule has 120 valence electrons. The van der Waals surface area contributed by atoms with Gasteiger partial charge < -0.3 is 4.57 Å². The molecule has 0 amide bonds. The molecule has 1 N–H and O–H groups in total. The van der Waals surface area contributed by atoms with Crippen LogP contribution < -0.4 is 4.72 Å². The van der Waals surface area contributed by atoms with E-state index in [-0.39, 0.29) is 11.8 Å². The Kier molecular flexibility index (Phi) is 4.45. The van der Waals surface area contributed by atoms with E-state index in [4.69, 9.17) is 0 Å². The first-order valence-corrected chi connectivity index (χ1v) is 9.15. The number of hydrogen-bond acceptors (Lipinski definition) is 3. The number of rotatable bonds is 6. The maximum atomic E-state index is 12.3. The van der Waals surface area contributed by atoms with Crippen molar-refractivity contribution in [3.8, 4) is 0 Å². The topological polar surface area (TPSA) is 64.0 Å². The largest absolute Gasteiger partial charge is 0.330 e. The molecule has 3 aromatic rings. The number of nitrogens with zero attached hydrogens (tertiary/aromatic N) is 2. The average molecular weight is 329 g/mol. The van der Waals surface area contributed by atoms with Crippen LogP contribution in [0, 0.1) is 0 Å². The summed E-state index contributed by atoms with van der Waals surface area (Å²) in [5.74, 6) is 0.0184. The van der Waals surface area contributed by atoms with Gasteiger partial charge in [0, 0.05) is 12.6 Å². The molecule has 6 heteroatoms. The summed E-state index contributed by atoms with van der Waals surface area (Å²) in [6.45, 7) is 2.22. The van der Waals surface area contributed by atoms with Crippen LogP contribution in [0.1, 0.15) is 18.5 Å². The third-order valence-electron chi connectivity index (χ3n) is 3.78. The lowest BCUT2D eigenvalue weighted by molar-refractivity contribution is 0.561. The van der Waals surface area contributed by atoms with Crippen LogP contribution in [-0.4, -0.2) is 23.7 Å². The Morgan fingerprint density at radius 2 is 1.78 bits per heavy atom. The molecule has 0 unspecified atom stereocenters. The molecule has 2 aromatic carbocycles. The Balaban J connectivity index is 1.67. The summed E-state index contributed by atoms with van der Waals surface area (Å²) >= 11 is 0. The van der Waals surface area contributed by atoms with Crippen LogP contribution in [0.3, 0.4) is 0 Å². The molecular formula is C17H19N3O2S. The van der Waals surface area contributed by atoms with Crippen molar-refractivity contribution in [1.29, 1.82) is 0 Å². The number of hydrogen-bond donors (Lipinski definition) is 1. The van der Waals surface area contributed by atoms with Crippen LogP contribution in [0.4, 0.5) is 0 Å². The molecule has 0 saturated carbocycles. The second-order valence-electron chi connectivity index (χ2n) is 5.50. The molecule has 1 heterocycles. The smallest absolute Gasteiger partial charge is 0.213 e. The minimum atomic E-state index is -3.37. The van der Waals surface area contributed by atoms with Gasteiger partial charge in [-0.25, -0.2) is 18.1 Å². The lowest BCUT2D eigenvalue weighted by Crippen LogP contribution is -2.30. The Labute approximate surface area is 136 Å². The lowest BCUT2D eigenvalue weighted by Gasteiger charge is -2.15. The van der Waals surface area contributed by atoms with Gasteiger partial charge in [-0.05, 0) is 24.6 Å². The van der Waals surface area contributed by atoms with Gasteiger partial charge in [0.1, 0.15) is 0 Å². The molecule has 0 spiro atoms. The first kappa shape index (κ1) is 15.7. The summed E-state index contributed by atoms with van der Waals surface area (Å²) in [5.41, 5.74) is 2.76. The van der Waals surface area contributed by atoms with E-state index in [2.05, 4.69) is 9.71 Å². The average Bonchev–Trinajstić information content (AvgIpc) is 2.97. The molecule has 1 aromatic heterocycles. The number of sulfonamides is 1. The third-order valence-corrected chi connectivity index (χ3v) is 5.22. The van der Waals surface area contributed by atoms with Crippen molar-refractivity contribution in [2.24, 2.45) is 0 Å². The summed E-state index contributed by atoms with van der Waals surface area (Å²) < 4.78 is 29.2. The van der Waals surface area contributed by atoms with E-state index in [1.165, 1.54) is 0 Å². The van der Waals surface area contributed by atoms with Crippen molar-refractivity contribution in [2.75, 3.05) is 5.75 Å². The minimum Gasteiger partial charge on any atom is -0.330 e. The number of fused-ring (bicyclic) bond motifs is 1. The predicted octanol–water partition coefficient (Wildman–Crippen LogP) is 2.72. The van der Waals surface area contributed by atoms with E-state index in [0.29, 0.717) is 6.54 Å². The summed E-state index contributed by atoms with van der Waals surface area (Å²) in [7, 11) is -3.37. The van der Waals surface area contributed by atoms with E-state index in [0.717, 1.165) is 16.6 Å². The molecule has 0 bridgehead atoms. The maximum absolute atomic E-state index is 12.3. The predicted molar refractivity (Wildman–Crippen MR) is 91.5 cm³/mol. The second-order valence-corrected chi connectivity index (χ2v) is 7.37. The van der Waals surface area contributed by atoms with Crippen LogP contribution in [0.2, 0.25) is 0 Å². The molecule has 1 atom stereocenters. The molecule has 3 rings (SSSR count). The molecule has 23 heavy (non-hydrogen) atoms. The van der Waals surface area contributed by atoms with E-state index in [9.17, 15) is 8.42 Å². The highest BCUT2D eigenvalue weighted by atomic mass is 32.2. The number of para-hydroxylation sites is 2. The molecule has 0 aliphatic carbocycles. The SMILES string of the molecule is C[C@H](NS(=O)(=O)CCn1cnc2ccccc21)c1ccccc1. The molecule has 0 saturated heterocycles. The number of nitrogens with one attached hydrogen (secondary N) is 1. The van der Waals surface area contributed by atoms with Gasteiger partial charge in [-0.1, -0.05) is 42.5 Å². The summed E-state index contributed by atoms with van der Waals surface area (Å²) in [6.07, 6.45) is 1.68. The maximum Gasteiger partial charge on any atom is 0.213 e. The Bertz CT molecular complexity index is 888. The third kappa shape index (κ3) is 3.78. The monoisotopic (exact) mass is 329 g/mol. The van der Waals surface area contributed by atoms with Crippen molar-refractivity contribution in [3.05, 3.63) is 66.5 Å². The fourth-order valence-corrected chi connectivity index (χ4v) is 3.77. The van der Waals surface area contributed by atoms with Gasteiger partial charge in [0.2, 0.25) is 10.0 Å². The summed E-state index contributed by atoms with van der Waals surface area (Å²) in [6, 6.07) is 17.0. The molecule has 0 fully saturated rings. The van der Waals surface area contributed by atoms with Gasteiger partial charge in [-0.3, -0.25) is 0 Å². The molecule has 0 aliphatic heterocycles. The van der Waals surface area contributed by atoms with Crippen LogP contribution in [-0.2, 0) is 16.6 Å². The molecule has 0 radical (unpaired) electrons. The highest BCUT2D eigenvalue weighted by molar-refractivity contribution is 7.89. The molecular weight excluding hydrogens is 310 g/mol.